The summed E-state index contributed by atoms with van der Waals surface area (Å²) in [5, 5.41) is 3.49. The van der Waals surface area contributed by atoms with Crippen LogP contribution in [0.5, 0.6) is 11.6 Å². The zero-order valence-electron chi connectivity index (χ0n) is 11.6. The van der Waals surface area contributed by atoms with E-state index in [9.17, 15) is 0 Å². The van der Waals surface area contributed by atoms with Crippen molar-refractivity contribution in [3.05, 3.63) is 17.8 Å². The van der Waals surface area contributed by atoms with E-state index in [4.69, 9.17) is 9.47 Å². The predicted molar refractivity (Wildman–Crippen MR) is 71.4 cm³/mol. The van der Waals surface area contributed by atoms with Gasteiger partial charge in [0.25, 0.3) is 5.88 Å². The van der Waals surface area contributed by atoms with Gasteiger partial charge >= 0.3 is 0 Å². The van der Waals surface area contributed by atoms with Crippen LogP contribution in [0.4, 0.5) is 0 Å². The second-order valence-corrected chi connectivity index (χ2v) is 5.77. The Bertz CT molecular complexity index is 413. The third-order valence-electron chi connectivity index (χ3n) is 2.87. The SMILES string of the molecule is C[C@@H](CNC(C)(C)C)c1ccc2c(n1)OCCO2. The molecular weight excluding hydrogens is 228 g/mol. The molecule has 100 valence electrons. The number of hydrogen-bond acceptors (Lipinski definition) is 4. The molecular formula is C14H22N2O2. The van der Waals surface area contributed by atoms with Crippen LogP contribution in [0.3, 0.4) is 0 Å². The Morgan fingerprint density at radius 1 is 1.28 bits per heavy atom. The molecule has 0 unspecified atom stereocenters. The van der Waals surface area contributed by atoms with Gasteiger partial charge < -0.3 is 14.8 Å². The minimum atomic E-state index is 0.127. The van der Waals surface area contributed by atoms with Crippen LogP contribution in [0.25, 0.3) is 0 Å². The van der Waals surface area contributed by atoms with Crippen molar-refractivity contribution >= 4 is 0 Å². The standard InChI is InChI=1S/C14H22N2O2/c1-10(9-15-14(2,3)4)11-5-6-12-13(16-11)18-8-7-17-12/h5-6,10,15H,7-9H2,1-4H3/t10-/m0/s1. The number of ether oxygens (including phenoxy) is 2. The summed E-state index contributed by atoms with van der Waals surface area (Å²) >= 11 is 0. The van der Waals surface area contributed by atoms with Crippen molar-refractivity contribution in [3.63, 3.8) is 0 Å². The van der Waals surface area contributed by atoms with Gasteiger partial charge in [0.15, 0.2) is 5.75 Å². The number of aromatic nitrogens is 1. The summed E-state index contributed by atoms with van der Waals surface area (Å²) in [6.45, 7) is 10.7. The molecule has 0 spiro atoms. The highest BCUT2D eigenvalue weighted by Gasteiger charge is 2.17. The van der Waals surface area contributed by atoms with E-state index in [2.05, 4.69) is 38.0 Å². The normalized spacial score (nSPS) is 16.4. The number of rotatable bonds is 3. The van der Waals surface area contributed by atoms with Crippen molar-refractivity contribution in [2.45, 2.75) is 39.2 Å². The molecule has 0 saturated carbocycles. The van der Waals surface area contributed by atoms with E-state index in [0.717, 1.165) is 18.0 Å². The number of pyridine rings is 1. The topological polar surface area (TPSA) is 43.4 Å². The molecule has 1 aliphatic heterocycles. The fourth-order valence-electron chi connectivity index (χ4n) is 1.78. The molecule has 1 aromatic heterocycles. The number of nitrogens with zero attached hydrogens (tertiary/aromatic N) is 1. The van der Waals surface area contributed by atoms with E-state index in [1.165, 1.54) is 0 Å². The number of nitrogens with one attached hydrogen (secondary N) is 1. The van der Waals surface area contributed by atoms with Crippen molar-refractivity contribution in [2.24, 2.45) is 0 Å². The van der Waals surface area contributed by atoms with Gasteiger partial charge in [-0.25, -0.2) is 4.98 Å². The van der Waals surface area contributed by atoms with Gasteiger partial charge in [0.2, 0.25) is 0 Å². The van der Waals surface area contributed by atoms with Crippen LogP contribution in [-0.4, -0.2) is 30.3 Å². The van der Waals surface area contributed by atoms with Crippen LogP contribution < -0.4 is 14.8 Å². The highest BCUT2D eigenvalue weighted by Crippen LogP contribution is 2.29. The minimum absolute atomic E-state index is 0.127. The first-order valence-corrected chi connectivity index (χ1v) is 6.47. The van der Waals surface area contributed by atoms with Gasteiger partial charge in [0.1, 0.15) is 13.2 Å². The maximum atomic E-state index is 5.50. The maximum Gasteiger partial charge on any atom is 0.257 e. The lowest BCUT2D eigenvalue weighted by Crippen LogP contribution is -2.38. The van der Waals surface area contributed by atoms with Crippen LogP contribution in [-0.2, 0) is 0 Å². The molecule has 0 radical (unpaired) electrons. The maximum absolute atomic E-state index is 5.50. The average Bonchev–Trinajstić information content (AvgIpc) is 2.34. The molecule has 2 rings (SSSR count). The number of fused-ring (bicyclic) bond motifs is 1. The first kappa shape index (κ1) is 13.1. The monoisotopic (exact) mass is 250 g/mol. The Labute approximate surface area is 109 Å². The van der Waals surface area contributed by atoms with E-state index in [1.807, 2.05) is 12.1 Å². The van der Waals surface area contributed by atoms with Crippen molar-refractivity contribution in [3.8, 4) is 11.6 Å². The van der Waals surface area contributed by atoms with E-state index < -0.39 is 0 Å². The molecule has 0 fully saturated rings. The van der Waals surface area contributed by atoms with Gasteiger partial charge in [-0.15, -0.1) is 0 Å². The molecule has 0 aromatic carbocycles. The van der Waals surface area contributed by atoms with E-state index in [-0.39, 0.29) is 5.54 Å². The zero-order chi connectivity index (χ0) is 13.2. The molecule has 1 aromatic rings. The Hall–Kier alpha value is -1.29. The fourth-order valence-corrected chi connectivity index (χ4v) is 1.78. The van der Waals surface area contributed by atoms with Crippen LogP contribution >= 0.6 is 0 Å². The summed E-state index contributed by atoms with van der Waals surface area (Å²) in [5.41, 5.74) is 1.17. The molecule has 4 nitrogen and oxygen atoms in total. The summed E-state index contributed by atoms with van der Waals surface area (Å²) in [4.78, 5) is 4.53. The Balaban J connectivity index is 2.04. The third kappa shape index (κ3) is 3.35. The van der Waals surface area contributed by atoms with Crippen LogP contribution in [0.2, 0.25) is 0 Å². The molecule has 0 bridgehead atoms. The lowest BCUT2D eigenvalue weighted by Gasteiger charge is -2.24. The smallest absolute Gasteiger partial charge is 0.257 e. The molecule has 18 heavy (non-hydrogen) atoms. The molecule has 1 aliphatic rings. The second-order valence-electron chi connectivity index (χ2n) is 5.77. The molecule has 1 N–H and O–H groups in total. The van der Waals surface area contributed by atoms with Crippen molar-refractivity contribution in [1.29, 1.82) is 0 Å². The lowest BCUT2D eigenvalue weighted by atomic mass is 10.0. The first-order valence-electron chi connectivity index (χ1n) is 6.47. The summed E-state index contributed by atoms with van der Waals surface area (Å²) < 4.78 is 11.0. The summed E-state index contributed by atoms with van der Waals surface area (Å²) in [6.07, 6.45) is 0. The van der Waals surface area contributed by atoms with Gasteiger partial charge in [-0.1, -0.05) is 6.92 Å². The van der Waals surface area contributed by atoms with E-state index >= 15 is 0 Å². The minimum Gasteiger partial charge on any atom is -0.484 e. The van der Waals surface area contributed by atoms with E-state index in [1.54, 1.807) is 0 Å². The quantitative estimate of drug-likeness (QED) is 0.894. The van der Waals surface area contributed by atoms with Gasteiger partial charge in [0, 0.05) is 23.7 Å². The highest BCUT2D eigenvalue weighted by atomic mass is 16.6. The molecule has 0 aliphatic carbocycles. The summed E-state index contributed by atoms with van der Waals surface area (Å²) in [7, 11) is 0. The van der Waals surface area contributed by atoms with E-state index in [0.29, 0.717) is 25.0 Å². The van der Waals surface area contributed by atoms with Gasteiger partial charge in [-0.05, 0) is 32.9 Å². The van der Waals surface area contributed by atoms with Gasteiger partial charge in [0.05, 0.1) is 0 Å². The predicted octanol–water partition coefficient (Wildman–Crippen LogP) is 2.34. The van der Waals surface area contributed by atoms with Crippen LogP contribution in [0.1, 0.15) is 39.3 Å². The fraction of sp³-hybridized carbons (Fsp3) is 0.643. The summed E-state index contributed by atoms with van der Waals surface area (Å²) in [5.74, 6) is 1.72. The molecule has 0 amide bonds. The average molecular weight is 250 g/mol. The molecule has 0 saturated heterocycles. The molecule has 4 heteroatoms. The van der Waals surface area contributed by atoms with Gasteiger partial charge in [-0.2, -0.15) is 0 Å². The lowest BCUT2D eigenvalue weighted by molar-refractivity contribution is 0.163. The first-order chi connectivity index (χ1) is 8.46. The van der Waals surface area contributed by atoms with Crippen molar-refractivity contribution in [2.75, 3.05) is 19.8 Å². The van der Waals surface area contributed by atoms with Crippen molar-refractivity contribution in [1.82, 2.24) is 10.3 Å². The summed E-state index contributed by atoms with van der Waals surface area (Å²) in [6, 6.07) is 3.97. The highest BCUT2D eigenvalue weighted by molar-refractivity contribution is 5.36. The van der Waals surface area contributed by atoms with Crippen molar-refractivity contribution < 1.29 is 9.47 Å². The molecule has 1 atom stereocenters. The zero-order valence-corrected chi connectivity index (χ0v) is 11.6. The Morgan fingerprint density at radius 2 is 2.00 bits per heavy atom. The largest absolute Gasteiger partial charge is 0.484 e. The third-order valence-corrected chi connectivity index (χ3v) is 2.87. The number of hydrogen-bond donors (Lipinski definition) is 1. The molecule has 2 heterocycles. The van der Waals surface area contributed by atoms with Crippen LogP contribution in [0.15, 0.2) is 12.1 Å². The van der Waals surface area contributed by atoms with Gasteiger partial charge in [-0.3, -0.25) is 0 Å². The Kier molecular flexibility index (Phi) is 3.76. The van der Waals surface area contributed by atoms with Crippen LogP contribution in [0, 0.1) is 0 Å². The Morgan fingerprint density at radius 3 is 2.72 bits per heavy atom. The second kappa shape index (κ2) is 5.14.